The van der Waals surface area contributed by atoms with Gasteiger partial charge in [-0.15, -0.1) is 0 Å². The largest absolute Gasteiger partial charge is 0.394 e. The summed E-state index contributed by atoms with van der Waals surface area (Å²) in [5, 5.41) is 18.3. The maximum absolute atomic E-state index is 11.9. The molecule has 1 aliphatic carbocycles. The van der Waals surface area contributed by atoms with E-state index in [9.17, 15) is 9.90 Å². The Bertz CT molecular complexity index is 417. The maximum atomic E-state index is 11.9. The van der Waals surface area contributed by atoms with E-state index in [1.807, 2.05) is 0 Å². The van der Waals surface area contributed by atoms with Gasteiger partial charge in [-0.2, -0.15) is 0 Å². The molecule has 0 bridgehead atoms. The summed E-state index contributed by atoms with van der Waals surface area (Å²) in [4.78, 5) is 15.9. The van der Waals surface area contributed by atoms with Gasteiger partial charge in [-0.3, -0.25) is 4.79 Å². The summed E-state index contributed by atoms with van der Waals surface area (Å²) in [6.07, 6.45) is 4.60. The number of hydrogen-bond acceptors (Lipinski definition) is 5. The molecule has 5 nitrogen and oxygen atoms in total. The van der Waals surface area contributed by atoms with E-state index in [-0.39, 0.29) is 17.9 Å². The number of rotatable bonds is 5. The second-order valence-electron chi connectivity index (χ2n) is 3.82. The van der Waals surface area contributed by atoms with Crippen molar-refractivity contribution in [3.63, 3.8) is 0 Å². The summed E-state index contributed by atoms with van der Waals surface area (Å²) in [6, 6.07) is 0.331. The van der Waals surface area contributed by atoms with Gasteiger partial charge in [-0.25, -0.2) is 4.98 Å². The molecule has 88 valence electrons. The van der Waals surface area contributed by atoms with Gasteiger partial charge in [0.05, 0.1) is 12.7 Å². The van der Waals surface area contributed by atoms with Gasteiger partial charge in [0, 0.05) is 24.2 Å². The minimum Gasteiger partial charge on any atom is -0.394 e. The van der Waals surface area contributed by atoms with E-state index in [0.29, 0.717) is 11.1 Å². The molecule has 1 aliphatic rings. The Morgan fingerprint density at radius 2 is 2.38 bits per heavy atom. The van der Waals surface area contributed by atoms with Crippen molar-refractivity contribution in [2.24, 2.45) is 0 Å². The molecule has 0 aromatic carbocycles. The first kappa shape index (κ1) is 11.6. The zero-order valence-electron chi connectivity index (χ0n) is 8.74. The fourth-order valence-electron chi connectivity index (χ4n) is 1.37. The van der Waals surface area contributed by atoms with Gasteiger partial charge >= 0.3 is 0 Å². The summed E-state index contributed by atoms with van der Waals surface area (Å²) in [7, 11) is 0. The average molecular weight is 242 g/mol. The van der Waals surface area contributed by atoms with E-state index in [2.05, 4.69) is 4.98 Å². The van der Waals surface area contributed by atoms with Gasteiger partial charge in [-0.05, 0) is 12.8 Å². The molecule has 1 unspecified atom stereocenters. The molecule has 0 radical (unpaired) electrons. The molecule has 1 heterocycles. The molecule has 0 spiro atoms. The first-order valence-corrected chi connectivity index (χ1v) is 6.20. The lowest BCUT2D eigenvalue weighted by molar-refractivity contribution is 0.113. The quantitative estimate of drug-likeness (QED) is 0.712. The molecule has 0 amide bonds. The molecule has 1 aromatic heterocycles. The molecule has 6 heteroatoms. The number of thioether (sulfide) groups is 1. The molecule has 2 rings (SSSR count). The van der Waals surface area contributed by atoms with Crippen LogP contribution in [0.1, 0.15) is 18.9 Å². The Hall–Kier alpha value is -0.850. The van der Waals surface area contributed by atoms with Crippen LogP contribution in [0.3, 0.4) is 0 Å². The van der Waals surface area contributed by atoms with Crippen molar-refractivity contribution in [2.75, 3.05) is 12.4 Å². The van der Waals surface area contributed by atoms with E-state index in [4.69, 9.17) is 5.11 Å². The fourth-order valence-corrected chi connectivity index (χ4v) is 2.19. The SMILES string of the molecule is O=c1c(SCC(O)CO)nccn1C1CC1. The highest BCUT2D eigenvalue weighted by atomic mass is 32.2. The zero-order chi connectivity index (χ0) is 11.5. The van der Waals surface area contributed by atoms with E-state index in [1.54, 1.807) is 17.0 Å². The van der Waals surface area contributed by atoms with Crippen LogP contribution in [0.2, 0.25) is 0 Å². The standard InChI is InChI=1S/C10H14N2O3S/c13-5-8(14)6-16-9-10(15)12(4-3-11-9)7-1-2-7/h3-4,7-8,13-14H,1-2,5-6H2. The first-order chi connectivity index (χ1) is 7.72. The smallest absolute Gasteiger partial charge is 0.283 e. The summed E-state index contributed by atoms with van der Waals surface area (Å²) in [5.74, 6) is 0.285. The summed E-state index contributed by atoms with van der Waals surface area (Å²) in [6.45, 7) is -0.295. The van der Waals surface area contributed by atoms with Crippen LogP contribution in [0.5, 0.6) is 0 Å². The van der Waals surface area contributed by atoms with Crippen LogP contribution in [0.15, 0.2) is 22.2 Å². The third-order valence-corrected chi connectivity index (χ3v) is 3.50. The van der Waals surface area contributed by atoms with Crippen molar-refractivity contribution in [3.8, 4) is 0 Å². The normalized spacial score (nSPS) is 17.4. The van der Waals surface area contributed by atoms with Gasteiger partial charge in [0.2, 0.25) is 0 Å². The summed E-state index contributed by atoms with van der Waals surface area (Å²) in [5.41, 5.74) is -0.0971. The average Bonchev–Trinajstić information content (AvgIpc) is 3.11. The fraction of sp³-hybridized carbons (Fsp3) is 0.600. The molecule has 1 atom stereocenters. The van der Waals surface area contributed by atoms with Gasteiger partial charge in [0.25, 0.3) is 5.56 Å². The molecule has 2 N–H and O–H groups in total. The van der Waals surface area contributed by atoms with Gasteiger partial charge in [-0.1, -0.05) is 11.8 Å². The number of aromatic nitrogens is 2. The molecule has 1 aromatic rings. The van der Waals surface area contributed by atoms with E-state index in [1.165, 1.54) is 11.8 Å². The van der Waals surface area contributed by atoms with Crippen LogP contribution in [-0.2, 0) is 0 Å². The Morgan fingerprint density at radius 3 is 3.00 bits per heavy atom. The minimum absolute atomic E-state index is 0.0971. The Balaban J connectivity index is 2.09. The van der Waals surface area contributed by atoms with Gasteiger partial charge in [0.1, 0.15) is 0 Å². The van der Waals surface area contributed by atoms with E-state index in [0.717, 1.165) is 12.8 Å². The summed E-state index contributed by atoms with van der Waals surface area (Å²) >= 11 is 1.18. The lowest BCUT2D eigenvalue weighted by Crippen LogP contribution is -2.22. The Morgan fingerprint density at radius 1 is 1.62 bits per heavy atom. The predicted octanol–water partition coefficient (Wildman–Crippen LogP) is 0.0235. The van der Waals surface area contributed by atoms with Crippen LogP contribution in [0, 0.1) is 0 Å². The molecule has 0 saturated heterocycles. The maximum Gasteiger partial charge on any atom is 0.283 e. The highest BCUT2D eigenvalue weighted by Gasteiger charge is 2.25. The third kappa shape index (κ3) is 2.63. The second kappa shape index (κ2) is 4.99. The second-order valence-corrected chi connectivity index (χ2v) is 4.83. The van der Waals surface area contributed by atoms with Crippen LogP contribution in [-0.4, -0.2) is 38.2 Å². The zero-order valence-corrected chi connectivity index (χ0v) is 9.56. The highest BCUT2D eigenvalue weighted by Crippen LogP contribution is 2.33. The van der Waals surface area contributed by atoms with Crippen molar-refractivity contribution in [1.82, 2.24) is 9.55 Å². The molecule has 16 heavy (non-hydrogen) atoms. The van der Waals surface area contributed by atoms with Crippen molar-refractivity contribution in [2.45, 2.75) is 30.0 Å². The van der Waals surface area contributed by atoms with E-state index < -0.39 is 6.10 Å². The van der Waals surface area contributed by atoms with Crippen molar-refractivity contribution >= 4 is 11.8 Å². The van der Waals surface area contributed by atoms with Crippen LogP contribution in [0.4, 0.5) is 0 Å². The van der Waals surface area contributed by atoms with Crippen molar-refractivity contribution in [3.05, 3.63) is 22.7 Å². The number of aliphatic hydroxyl groups is 2. The number of aliphatic hydroxyl groups excluding tert-OH is 2. The number of nitrogens with zero attached hydrogens (tertiary/aromatic N) is 2. The molecule has 1 fully saturated rings. The highest BCUT2D eigenvalue weighted by molar-refractivity contribution is 7.99. The molecular formula is C10H14N2O3S. The number of hydrogen-bond donors (Lipinski definition) is 2. The van der Waals surface area contributed by atoms with Crippen molar-refractivity contribution < 1.29 is 10.2 Å². The van der Waals surface area contributed by atoms with Crippen molar-refractivity contribution in [1.29, 1.82) is 0 Å². The molecular weight excluding hydrogens is 228 g/mol. The third-order valence-electron chi connectivity index (χ3n) is 2.40. The lowest BCUT2D eigenvalue weighted by Gasteiger charge is -2.07. The topological polar surface area (TPSA) is 75.3 Å². The first-order valence-electron chi connectivity index (χ1n) is 5.21. The van der Waals surface area contributed by atoms with Crippen LogP contribution < -0.4 is 5.56 Å². The van der Waals surface area contributed by atoms with E-state index >= 15 is 0 Å². The minimum atomic E-state index is -0.805. The van der Waals surface area contributed by atoms with Gasteiger partial charge < -0.3 is 14.8 Å². The predicted molar refractivity (Wildman–Crippen MR) is 60.6 cm³/mol. The Kier molecular flexibility index (Phi) is 3.63. The lowest BCUT2D eigenvalue weighted by atomic mass is 10.4. The summed E-state index contributed by atoms with van der Waals surface area (Å²) < 4.78 is 1.70. The van der Waals surface area contributed by atoms with Crippen LogP contribution in [0.25, 0.3) is 0 Å². The molecule has 1 saturated carbocycles. The van der Waals surface area contributed by atoms with Gasteiger partial charge in [0.15, 0.2) is 5.03 Å². The monoisotopic (exact) mass is 242 g/mol. The molecule has 0 aliphatic heterocycles. The Labute approximate surface area is 97.1 Å². The van der Waals surface area contributed by atoms with Crippen LogP contribution >= 0.6 is 11.8 Å².